The third-order valence-electron chi connectivity index (χ3n) is 4.52. The number of amides is 1. The number of nitro groups is 1. The predicted octanol–water partition coefficient (Wildman–Crippen LogP) is 2.54. The highest BCUT2D eigenvalue weighted by atomic mass is 32.1. The van der Waals surface area contributed by atoms with Gasteiger partial charge in [-0.15, -0.1) is 11.3 Å². The SMILES string of the molecule is O=C(NN=Cc1ccc([N+](=O)[O-])cc1)c1nc2sc3c(c2c(=O)[nH]1)CCCC3. The normalized spacial score (nSPS) is 13.6. The summed E-state index contributed by atoms with van der Waals surface area (Å²) >= 11 is 1.47. The van der Waals surface area contributed by atoms with E-state index in [4.69, 9.17) is 0 Å². The Bertz CT molecular complexity index is 1160. The Kier molecular flexibility index (Phi) is 4.70. The lowest BCUT2D eigenvalue weighted by molar-refractivity contribution is -0.384. The Morgan fingerprint density at radius 2 is 2.04 bits per heavy atom. The molecule has 1 amide bonds. The topological polar surface area (TPSA) is 130 Å². The number of hydrogen-bond acceptors (Lipinski definition) is 7. The van der Waals surface area contributed by atoms with Crippen molar-refractivity contribution in [2.75, 3.05) is 0 Å². The van der Waals surface area contributed by atoms with Gasteiger partial charge in [0.15, 0.2) is 0 Å². The van der Waals surface area contributed by atoms with E-state index in [9.17, 15) is 19.7 Å². The van der Waals surface area contributed by atoms with Crippen LogP contribution in [0.15, 0.2) is 34.2 Å². The van der Waals surface area contributed by atoms with E-state index in [1.54, 1.807) is 0 Å². The molecule has 2 aromatic heterocycles. The van der Waals surface area contributed by atoms with Crippen LogP contribution in [-0.2, 0) is 12.8 Å². The van der Waals surface area contributed by atoms with Crippen LogP contribution in [0.3, 0.4) is 0 Å². The lowest BCUT2D eigenvalue weighted by Gasteiger charge is -2.09. The number of carbonyl (C=O) groups excluding carboxylic acids is 1. The van der Waals surface area contributed by atoms with Crippen LogP contribution in [0.25, 0.3) is 10.2 Å². The van der Waals surface area contributed by atoms with Gasteiger partial charge in [-0.2, -0.15) is 5.10 Å². The maximum Gasteiger partial charge on any atom is 0.307 e. The highest BCUT2D eigenvalue weighted by Crippen LogP contribution is 2.33. The summed E-state index contributed by atoms with van der Waals surface area (Å²) in [5, 5.41) is 15.0. The van der Waals surface area contributed by atoms with E-state index >= 15 is 0 Å². The average molecular weight is 397 g/mol. The fourth-order valence-corrected chi connectivity index (χ4v) is 4.43. The van der Waals surface area contributed by atoms with Gasteiger partial charge in [0.25, 0.3) is 11.2 Å². The van der Waals surface area contributed by atoms with Crippen LogP contribution < -0.4 is 11.0 Å². The maximum atomic E-state index is 12.5. The van der Waals surface area contributed by atoms with Gasteiger partial charge in [-0.25, -0.2) is 10.4 Å². The Balaban J connectivity index is 1.52. The van der Waals surface area contributed by atoms with E-state index in [2.05, 4.69) is 20.5 Å². The number of aromatic amines is 1. The molecule has 1 aliphatic carbocycles. The number of hydrazone groups is 1. The zero-order valence-corrected chi connectivity index (χ0v) is 15.4. The van der Waals surface area contributed by atoms with E-state index < -0.39 is 10.8 Å². The summed E-state index contributed by atoms with van der Waals surface area (Å²) in [5.74, 6) is -0.736. The van der Waals surface area contributed by atoms with Gasteiger partial charge >= 0.3 is 5.91 Å². The first-order valence-electron chi connectivity index (χ1n) is 8.65. The number of non-ortho nitro benzene ring substituents is 1. The second-order valence-corrected chi connectivity index (χ2v) is 7.44. The molecule has 0 bridgehead atoms. The third-order valence-corrected chi connectivity index (χ3v) is 5.71. The van der Waals surface area contributed by atoms with Crippen LogP contribution >= 0.6 is 11.3 Å². The van der Waals surface area contributed by atoms with Gasteiger partial charge in [0.2, 0.25) is 5.82 Å². The molecule has 2 N–H and O–H groups in total. The van der Waals surface area contributed by atoms with E-state index in [0.29, 0.717) is 15.8 Å². The van der Waals surface area contributed by atoms with Crippen molar-refractivity contribution in [1.82, 2.24) is 15.4 Å². The molecule has 0 fully saturated rings. The molecule has 1 aliphatic rings. The second-order valence-electron chi connectivity index (χ2n) is 6.35. The third kappa shape index (κ3) is 3.41. The molecule has 0 aliphatic heterocycles. The Labute approximate surface area is 162 Å². The zero-order chi connectivity index (χ0) is 19.7. The molecule has 0 atom stereocenters. The maximum absolute atomic E-state index is 12.5. The summed E-state index contributed by atoms with van der Waals surface area (Å²) in [6.45, 7) is 0. The molecule has 9 nitrogen and oxygen atoms in total. The lowest BCUT2D eigenvalue weighted by atomic mass is 9.97. The minimum absolute atomic E-state index is 0.0325. The van der Waals surface area contributed by atoms with Gasteiger partial charge in [0, 0.05) is 17.0 Å². The van der Waals surface area contributed by atoms with Crippen molar-refractivity contribution in [2.24, 2.45) is 5.10 Å². The number of hydrogen-bond donors (Lipinski definition) is 2. The molecular formula is C18H15N5O4S. The minimum atomic E-state index is -0.636. The van der Waals surface area contributed by atoms with E-state index in [1.165, 1.54) is 46.7 Å². The Morgan fingerprint density at radius 3 is 2.79 bits per heavy atom. The lowest BCUT2D eigenvalue weighted by Crippen LogP contribution is -2.24. The van der Waals surface area contributed by atoms with Crippen LogP contribution in [0.2, 0.25) is 0 Å². The molecule has 0 saturated heterocycles. The first-order chi connectivity index (χ1) is 13.5. The number of H-pyrrole nitrogens is 1. The van der Waals surface area contributed by atoms with Gasteiger partial charge in [-0.3, -0.25) is 19.7 Å². The van der Waals surface area contributed by atoms with E-state index in [-0.39, 0.29) is 17.1 Å². The summed E-state index contributed by atoms with van der Waals surface area (Å²) in [6, 6.07) is 5.70. The van der Waals surface area contributed by atoms with E-state index in [0.717, 1.165) is 31.2 Å². The molecule has 0 radical (unpaired) electrons. The number of nitro benzene ring substituents is 1. The molecule has 0 spiro atoms. The number of carbonyl (C=O) groups is 1. The highest BCUT2D eigenvalue weighted by molar-refractivity contribution is 7.18. The smallest absolute Gasteiger partial charge is 0.302 e. The van der Waals surface area contributed by atoms with Crippen LogP contribution in [0, 0.1) is 10.1 Å². The van der Waals surface area contributed by atoms with Gasteiger partial charge in [-0.1, -0.05) is 0 Å². The summed E-state index contributed by atoms with van der Waals surface area (Å²) < 4.78 is 0. The van der Waals surface area contributed by atoms with Crippen molar-refractivity contribution in [1.29, 1.82) is 0 Å². The molecule has 4 rings (SSSR count). The first kappa shape index (κ1) is 18.0. The minimum Gasteiger partial charge on any atom is -0.302 e. The fraction of sp³-hybridized carbons (Fsp3) is 0.222. The van der Waals surface area contributed by atoms with Crippen molar-refractivity contribution in [2.45, 2.75) is 25.7 Å². The van der Waals surface area contributed by atoms with E-state index in [1.807, 2.05) is 0 Å². The van der Waals surface area contributed by atoms with Gasteiger partial charge in [0.1, 0.15) is 4.83 Å². The van der Waals surface area contributed by atoms with Gasteiger partial charge in [0.05, 0.1) is 16.5 Å². The molecule has 10 heteroatoms. The molecule has 28 heavy (non-hydrogen) atoms. The van der Waals surface area contributed by atoms with Crippen molar-refractivity contribution in [3.63, 3.8) is 0 Å². The number of thiophene rings is 1. The molecule has 2 heterocycles. The average Bonchev–Trinajstić information content (AvgIpc) is 3.07. The summed E-state index contributed by atoms with van der Waals surface area (Å²) in [4.78, 5) is 43.5. The number of benzene rings is 1. The standard InChI is InChI=1S/C18H15N5O4S/c24-16-14-12-3-1-2-4-13(12)28-18(14)21-15(20-16)17(25)22-19-9-10-5-7-11(8-6-10)23(26)27/h5-9H,1-4H2,(H,22,25)(H,20,21,24). The number of fused-ring (bicyclic) bond motifs is 3. The Hall–Kier alpha value is -3.40. The summed E-state index contributed by atoms with van der Waals surface area (Å²) in [7, 11) is 0. The largest absolute Gasteiger partial charge is 0.307 e. The number of rotatable bonds is 4. The fourth-order valence-electron chi connectivity index (χ4n) is 3.17. The quantitative estimate of drug-likeness (QED) is 0.397. The number of nitrogens with one attached hydrogen (secondary N) is 2. The molecule has 142 valence electrons. The van der Waals surface area contributed by atoms with Crippen molar-refractivity contribution in [3.8, 4) is 0 Å². The van der Waals surface area contributed by atoms with Crippen molar-refractivity contribution in [3.05, 3.63) is 66.6 Å². The van der Waals surface area contributed by atoms with Crippen LogP contribution in [0.5, 0.6) is 0 Å². The first-order valence-corrected chi connectivity index (χ1v) is 9.47. The highest BCUT2D eigenvalue weighted by Gasteiger charge is 2.21. The number of nitrogens with zero attached hydrogens (tertiary/aromatic N) is 3. The van der Waals surface area contributed by atoms with Gasteiger partial charge < -0.3 is 4.98 Å². The van der Waals surface area contributed by atoms with Crippen molar-refractivity contribution >= 4 is 39.4 Å². The summed E-state index contributed by atoms with van der Waals surface area (Å²) in [6.07, 6.45) is 5.31. The number of aromatic nitrogens is 2. The van der Waals surface area contributed by atoms with Crippen molar-refractivity contribution < 1.29 is 9.72 Å². The van der Waals surface area contributed by atoms with Crippen LogP contribution in [-0.4, -0.2) is 27.0 Å². The van der Waals surface area contributed by atoms with Crippen LogP contribution in [0.4, 0.5) is 5.69 Å². The summed E-state index contributed by atoms with van der Waals surface area (Å²) in [5.41, 5.74) is 3.60. The molecule has 0 unspecified atom stereocenters. The molecule has 0 saturated carbocycles. The number of aryl methyl sites for hydroxylation is 2. The molecule has 3 aromatic rings. The van der Waals surface area contributed by atoms with Crippen LogP contribution in [0.1, 0.15) is 39.5 Å². The monoisotopic (exact) mass is 397 g/mol. The molecule has 1 aromatic carbocycles. The Morgan fingerprint density at radius 1 is 1.29 bits per heavy atom. The predicted molar refractivity (Wildman–Crippen MR) is 105 cm³/mol. The second kappa shape index (κ2) is 7.31. The zero-order valence-electron chi connectivity index (χ0n) is 14.6. The van der Waals surface area contributed by atoms with Gasteiger partial charge in [-0.05, 0) is 48.9 Å². The molecular weight excluding hydrogens is 382 g/mol.